The molecule has 0 radical (unpaired) electrons. The van der Waals surface area contributed by atoms with Crippen LogP contribution in [0, 0.1) is 17.8 Å². The van der Waals surface area contributed by atoms with Crippen molar-refractivity contribution in [3.63, 3.8) is 0 Å². The number of nitrogens with two attached hydrogens (primary N) is 1. The lowest BCUT2D eigenvalue weighted by atomic mass is 9.78. The zero-order valence-electron chi connectivity index (χ0n) is 27.9. The minimum absolute atomic E-state index is 0.00262. The molecule has 45 heavy (non-hydrogen) atoms. The molecule has 2 aromatic rings. The maximum absolute atomic E-state index is 13.8. The summed E-state index contributed by atoms with van der Waals surface area (Å²) in [5.74, 6) is -1.97. The van der Waals surface area contributed by atoms with Crippen LogP contribution < -0.4 is 11.1 Å². The van der Waals surface area contributed by atoms with Crippen molar-refractivity contribution in [2.24, 2.45) is 17.8 Å². The van der Waals surface area contributed by atoms with Gasteiger partial charge in [0.2, 0.25) is 0 Å². The largest absolute Gasteiger partial charge is 0.463 e. The van der Waals surface area contributed by atoms with Crippen LogP contribution in [-0.4, -0.2) is 107 Å². The number of methoxy groups -OCH3 is 1. The summed E-state index contributed by atoms with van der Waals surface area (Å²) in [5.41, 5.74) is 6.20. The van der Waals surface area contributed by atoms with Gasteiger partial charge in [-0.2, -0.15) is 0 Å². The van der Waals surface area contributed by atoms with Crippen molar-refractivity contribution in [3.05, 3.63) is 24.4 Å². The van der Waals surface area contributed by atoms with E-state index in [2.05, 4.69) is 46.5 Å². The summed E-state index contributed by atoms with van der Waals surface area (Å²) in [6, 6.07) is 5.33. The molecule has 0 spiro atoms. The predicted octanol–water partition coefficient (Wildman–Crippen LogP) is 2.55. The van der Waals surface area contributed by atoms with Crippen LogP contribution in [0.2, 0.25) is 0 Å². The van der Waals surface area contributed by atoms with E-state index in [4.69, 9.17) is 24.7 Å². The second-order valence-corrected chi connectivity index (χ2v) is 13.3. The number of ether oxygens (including phenoxy) is 4. The Bertz CT molecular complexity index is 1290. The fourth-order valence-electron chi connectivity index (χ4n) is 6.45. The van der Waals surface area contributed by atoms with Crippen molar-refractivity contribution in [1.29, 1.82) is 0 Å². The summed E-state index contributed by atoms with van der Waals surface area (Å²) in [6.07, 6.45) is 2.78. The van der Waals surface area contributed by atoms with Gasteiger partial charge in [-0.25, -0.2) is 4.98 Å². The molecule has 2 aliphatic heterocycles. The molecular weight excluding hydrogens is 578 g/mol. The lowest BCUT2D eigenvalue weighted by molar-refractivity contribution is -0.262. The number of ketones is 1. The smallest absolute Gasteiger partial charge is 0.316 e. The van der Waals surface area contributed by atoms with Crippen LogP contribution >= 0.6 is 0 Å². The Balaban J connectivity index is 1.55. The fourth-order valence-corrected chi connectivity index (χ4v) is 6.45. The van der Waals surface area contributed by atoms with Crippen LogP contribution in [0.4, 0.5) is 5.82 Å². The van der Waals surface area contributed by atoms with E-state index in [0.29, 0.717) is 43.1 Å². The number of rotatable bonds is 7. The second-order valence-electron chi connectivity index (χ2n) is 13.3. The molecule has 2 aromatic heterocycles. The molecule has 0 saturated carbocycles. The number of nitrogen functional groups attached to an aromatic ring is 1. The Labute approximate surface area is 266 Å². The number of nitrogens with one attached hydrogen (secondary N) is 1. The summed E-state index contributed by atoms with van der Waals surface area (Å²) < 4.78 is 26.5. The van der Waals surface area contributed by atoms with Crippen molar-refractivity contribution >= 4 is 17.6 Å². The number of Topliss-reactive ketones (excluding diaryl/α,β-unsaturated/α-hetero) is 1. The van der Waals surface area contributed by atoms with E-state index >= 15 is 0 Å². The van der Waals surface area contributed by atoms with E-state index in [0.717, 1.165) is 6.42 Å². The molecule has 9 atom stereocenters. The van der Waals surface area contributed by atoms with Crippen LogP contribution in [0.15, 0.2) is 24.4 Å². The maximum atomic E-state index is 13.8. The fraction of sp³-hybridized carbons (Fsp3) is 0.719. The molecule has 2 aliphatic rings. The molecule has 2 fully saturated rings. The van der Waals surface area contributed by atoms with Gasteiger partial charge in [-0.1, -0.05) is 25.1 Å². The topological polar surface area (TPSA) is 156 Å². The highest BCUT2D eigenvalue weighted by Crippen LogP contribution is 2.36. The Morgan fingerprint density at radius 1 is 1.16 bits per heavy atom. The number of hydrogen-bond acceptors (Lipinski definition) is 12. The maximum Gasteiger partial charge on any atom is 0.316 e. The number of carbonyl (C=O) groups is 2. The number of anilines is 1. The van der Waals surface area contributed by atoms with Gasteiger partial charge in [-0.3, -0.25) is 14.3 Å². The highest BCUT2D eigenvalue weighted by Gasteiger charge is 2.46. The Morgan fingerprint density at radius 2 is 1.91 bits per heavy atom. The minimum atomic E-state index is -0.987. The van der Waals surface area contributed by atoms with E-state index < -0.39 is 35.8 Å². The quantitative estimate of drug-likeness (QED) is 0.341. The number of esters is 1. The van der Waals surface area contributed by atoms with Gasteiger partial charge in [0.25, 0.3) is 0 Å². The average Bonchev–Trinajstić information content (AvgIpc) is 3.47. The molecule has 4 rings (SSSR count). The number of hydrogen-bond donors (Lipinski definition) is 2. The van der Waals surface area contributed by atoms with E-state index in [1.54, 1.807) is 31.0 Å². The lowest BCUT2D eigenvalue weighted by Crippen LogP contribution is -2.54. The summed E-state index contributed by atoms with van der Waals surface area (Å²) in [4.78, 5) is 33.5. The second kappa shape index (κ2) is 15.1. The minimum Gasteiger partial charge on any atom is -0.463 e. The lowest BCUT2D eigenvalue weighted by Gasteiger charge is -2.45. The number of aromatic nitrogens is 4. The first-order valence-electron chi connectivity index (χ1n) is 15.9. The Kier molecular flexibility index (Phi) is 11.7. The van der Waals surface area contributed by atoms with Gasteiger partial charge in [0.15, 0.2) is 12.1 Å². The van der Waals surface area contributed by atoms with Gasteiger partial charge in [0, 0.05) is 25.5 Å². The van der Waals surface area contributed by atoms with Gasteiger partial charge in [0.05, 0.1) is 42.3 Å². The van der Waals surface area contributed by atoms with Crippen molar-refractivity contribution in [1.82, 2.24) is 30.2 Å². The molecule has 0 aliphatic carbocycles. The van der Waals surface area contributed by atoms with Crippen LogP contribution in [0.25, 0.3) is 11.4 Å². The van der Waals surface area contributed by atoms with E-state index in [9.17, 15) is 9.59 Å². The highest BCUT2D eigenvalue weighted by molar-refractivity contribution is 5.99. The van der Waals surface area contributed by atoms with Crippen LogP contribution in [0.5, 0.6) is 0 Å². The first-order chi connectivity index (χ1) is 21.3. The Hall–Kier alpha value is -2.97. The van der Waals surface area contributed by atoms with Gasteiger partial charge in [0.1, 0.15) is 24.0 Å². The van der Waals surface area contributed by atoms with Gasteiger partial charge in [-0.05, 0) is 72.3 Å². The molecule has 250 valence electrons. The third-order valence-electron chi connectivity index (χ3n) is 9.15. The summed E-state index contributed by atoms with van der Waals surface area (Å²) in [6.45, 7) is 10.6. The molecule has 13 heteroatoms. The molecule has 0 bridgehead atoms. The number of carbonyl (C=O) groups excluding carboxylic acids is 2. The first-order valence-corrected chi connectivity index (χ1v) is 15.9. The summed E-state index contributed by atoms with van der Waals surface area (Å²) in [7, 11) is 5.76. The standard InChI is InChI=1S/C32H51N7O6/c1-19-14-32(5,42-8)30(45-28-13-24(38(6)7)12-20(2)44-28)21(3)29(40)22(4)31(41)43-18-23(34-15-19)16-39-17-26(36-37-39)25-10-9-11-27(33)35-25/h9-11,17,19-24,28,30,34H,12-16,18H2,1-8H3,(H2,33,35)/t19-,20-,21+,22?,23-,24-,28+,30-,32-/m1/s1. The third kappa shape index (κ3) is 8.85. The molecule has 0 amide bonds. The van der Waals surface area contributed by atoms with Crippen molar-refractivity contribution in [2.45, 2.75) is 96.6 Å². The summed E-state index contributed by atoms with van der Waals surface area (Å²) >= 11 is 0. The predicted molar refractivity (Wildman–Crippen MR) is 169 cm³/mol. The highest BCUT2D eigenvalue weighted by atomic mass is 16.7. The SMILES string of the molecule is CO[C@]1(C)C[C@@H](C)CN[C@H](Cn2cc(-c3cccc(N)n3)nn2)COC(=O)C(C)C(=O)[C@H](C)[C@H]1O[C@H]1C[C@H](N(C)C)C[C@@H](C)O1. The van der Waals surface area contributed by atoms with Crippen molar-refractivity contribution < 1.29 is 28.5 Å². The van der Waals surface area contributed by atoms with Crippen LogP contribution in [-0.2, 0) is 35.1 Å². The van der Waals surface area contributed by atoms with E-state index in [-0.39, 0.29) is 36.5 Å². The molecule has 3 N–H and O–H groups in total. The molecule has 0 aromatic carbocycles. The normalized spacial score (nSPS) is 34.1. The molecular formula is C32H51N7O6. The number of cyclic esters (lactones) is 1. The first kappa shape index (κ1) is 34.9. The third-order valence-corrected chi connectivity index (χ3v) is 9.15. The zero-order valence-corrected chi connectivity index (χ0v) is 27.9. The summed E-state index contributed by atoms with van der Waals surface area (Å²) in [5, 5.41) is 12.0. The molecule has 1 unspecified atom stereocenters. The molecule has 4 heterocycles. The number of pyridine rings is 1. The van der Waals surface area contributed by atoms with E-state index in [1.165, 1.54) is 0 Å². The van der Waals surface area contributed by atoms with Gasteiger partial charge < -0.3 is 34.9 Å². The Morgan fingerprint density at radius 3 is 2.60 bits per heavy atom. The van der Waals surface area contributed by atoms with Gasteiger partial charge in [-0.15, -0.1) is 5.10 Å². The van der Waals surface area contributed by atoms with Crippen LogP contribution in [0.3, 0.4) is 0 Å². The zero-order chi connectivity index (χ0) is 32.9. The van der Waals surface area contributed by atoms with Crippen molar-refractivity contribution in [2.75, 3.05) is 40.1 Å². The monoisotopic (exact) mass is 629 g/mol. The average molecular weight is 630 g/mol. The van der Waals surface area contributed by atoms with Crippen molar-refractivity contribution in [3.8, 4) is 11.4 Å². The van der Waals surface area contributed by atoms with Crippen LogP contribution in [0.1, 0.15) is 53.9 Å². The molecule has 13 nitrogen and oxygen atoms in total. The number of nitrogens with zero attached hydrogens (tertiary/aromatic N) is 5. The van der Waals surface area contributed by atoms with Gasteiger partial charge >= 0.3 is 5.97 Å². The van der Waals surface area contributed by atoms with E-state index in [1.807, 2.05) is 32.9 Å². The molecule has 2 saturated heterocycles.